The number of nitrogens with one attached hydrogen (secondary N) is 1. The van der Waals surface area contributed by atoms with Crippen LogP contribution in [0.2, 0.25) is 0 Å². The molecule has 5 nitrogen and oxygen atoms in total. The Balaban J connectivity index is 2.03. The van der Waals surface area contributed by atoms with Crippen molar-refractivity contribution in [3.8, 4) is 0 Å². The normalized spacial score (nSPS) is 17.2. The molecule has 11 heteroatoms. The molecular formula is C18H20F6N2O3. The predicted molar refractivity (Wildman–Crippen MR) is 90.7 cm³/mol. The van der Waals surface area contributed by atoms with Crippen molar-refractivity contribution in [1.82, 2.24) is 4.90 Å². The van der Waals surface area contributed by atoms with Crippen molar-refractivity contribution >= 4 is 17.5 Å². The summed E-state index contributed by atoms with van der Waals surface area (Å²) in [6.45, 7) is 1.96. The summed E-state index contributed by atoms with van der Waals surface area (Å²) in [7, 11) is 0. The summed E-state index contributed by atoms with van der Waals surface area (Å²) in [5, 5.41) is 11.4. The molecule has 2 amide bonds. The number of carbonyl (C=O) groups excluding carboxylic acids is 2. The second-order valence-electron chi connectivity index (χ2n) is 6.99. The lowest BCUT2D eigenvalue weighted by atomic mass is 9.93. The lowest BCUT2D eigenvalue weighted by Crippen LogP contribution is -2.43. The van der Waals surface area contributed by atoms with E-state index < -0.39 is 47.1 Å². The Bertz CT molecular complexity index is 721. The lowest BCUT2D eigenvalue weighted by Gasteiger charge is -2.32. The third kappa shape index (κ3) is 6.34. The molecule has 2 N–H and O–H groups in total. The van der Waals surface area contributed by atoms with Gasteiger partial charge in [0.25, 0.3) is 5.91 Å². The largest absolute Gasteiger partial charge is 0.416 e. The molecule has 1 heterocycles. The molecule has 0 aliphatic carbocycles. The van der Waals surface area contributed by atoms with Crippen LogP contribution in [0.1, 0.15) is 37.3 Å². The zero-order valence-electron chi connectivity index (χ0n) is 15.4. The van der Waals surface area contributed by atoms with Gasteiger partial charge in [-0.25, -0.2) is 0 Å². The molecule has 0 spiro atoms. The standard InChI is InChI=1S/C18H20F6N2O3/c1-10(27)16(29)26-4-2-11(3-5-26)6-15(28)25-14-8-12(17(19,20)21)7-13(9-14)18(22,23)24/h7-11,27H,2-6H2,1H3,(H,25,28). The summed E-state index contributed by atoms with van der Waals surface area (Å²) in [6.07, 6.45) is -10.4. The predicted octanol–water partition coefficient (Wildman–Crippen LogP) is 3.67. The van der Waals surface area contributed by atoms with Crippen molar-refractivity contribution in [2.45, 2.75) is 44.6 Å². The van der Waals surface area contributed by atoms with Crippen LogP contribution in [0.4, 0.5) is 32.0 Å². The third-order valence-electron chi connectivity index (χ3n) is 4.63. The van der Waals surface area contributed by atoms with Crippen LogP contribution in [0.15, 0.2) is 18.2 Å². The first kappa shape index (κ1) is 23.0. The monoisotopic (exact) mass is 426 g/mol. The molecule has 1 aliphatic rings. The number of hydrogen-bond donors (Lipinski definition) is 2. The Morgan fingerprint density at radius 1 is 1.07 bits per heavy atom. The number of aliphatic hydroxyl groups is 1. The number of amides is 2. The van der Waals surface area contributed by atoms with Crippen LogP contribution in [0, 0.1) is 5.92 Å². The Labute approximate surface area is 162 Å². The minimum Gasteiger partial charge on any atom is -0.384 e. The van der Waals surface area contributed by atoms with E-state index >= 15 is 0 Å². The van der Waals surface area contributed by atoms with Crippen molar-refractivity contribution in [3.05, 3.63) is 29.3 Å². The van der Waals surface area contributed by atoms with Crippen molar-refractivity contribution in [3.63, 3.8) is 0 Å². The molecule has 0 aromatic heterocycles. The molecule has 1 unspecified atom stereocenters. The van der Waals surface area contributed by atoms with Crippen LogP contribution in [0.25, 0.3) is 0 Å². The van der Waals surface area contributed by atoms with Gasteiger partial charge < -0.3 is 15.3 Å². The smallest absolute Gasteiger partial charge is 0.384 e. The van der Waals surface area contributed by atoms with Gasteiger partial charge in [-0.05, 0) is 43.9 Å². The number of benzene rings is 1. The summed E-state index contributed by atoms with van der Waals surface area (Å²) >= 11 is 0. The fourth-order valence-electron chi connectivity index (χ4n) is 3.12. The first-order chi connectivity index (χ1) is 13.3. The Morgan fingerprint density at radius 2 is 1.55 bits per heavy atom. The summed E-state index contributed by atoms with van der Waals surface area (Å²) in [5.41, 5.74) is -3.60. The Morgan fingerprint density at radius 3 is 1.97 bits per heavy atom. The average Bonchev–Trinajstić information content (AvgIpc) is 2.59. The summed E-state index contributed by atoms with van der Waals surface area (Å²) in [6, 6.07) is 0.901. The minimum absolute atomic E-state index is 0.00938. The number of piperidine rings is 1. The van der Waals surface area contributed by atoms with E-state index in [2.05, 4.69) is 5.32 Å². The van der Waals surface area contributed by atoms with Crippen molar-refractivity contribution in [1.29, 1.82) is 0 Å². The first-order valence-corrected chi connectivity index (χ1v) is 8.83. The van der Waals surface area contributed by atoms with Gasteiger partial charge in [-0.2, -0.15) is 26.3 Å². The Hall–Kier alpha value is -2.30. The zero-order valence-corrected chi connectivity index (χ0v) is 15.4. The van der Waals surface area contributed by atoms with Gasteiger partial charge in [-0.3, -0.25) is 9.59 Å². The highest BCUT2D eigenvalue weighted by molar-refractivity contribution is 5.91. The van der Waals surface area contributed by atoms with Gasteiger partial charge in [0.05, 0.1) is 11.1 Å². The SMILES string of the molecule is CC(O)C(=O)N1CCC(CC(=O)Nc2cc(C(F)(F)F)cc(C(F)(F)F)c2)CC1. The maximum absolute atomic E-state index is 12.9. The molecule has 29 heavy (non-hydrogen) atoms. The number of nitrogens with zero attached hydrogens (tertiary/aromatic N) is 1. The van der Waals surface area contributed by atoms with Gasteiger partial charge in [0, 0.05) is 25.2 Å². The highest BCUT2D eigenvalue weighted by Gasteiger charge is 2.37. The number of alkyl halides is 6. The minimum atomic E-state index is -5.00. The lowest BCUT2D eigenvalue weighted by molar-refractivity contribution is -0.143. The molecule has 1 atom stereocenters. The molecular weight excluding hydrogens is 406 g/mol. The van der Waals surface area contributed by atoms with Gasteiger partial charge >= 0.3 is 12.4 Å². The van der Waals surface area contributed by atoms with Crippen LogP contribution in [-0.4, -0.2) is 41.0 Å². The van der Waals surface area contributed by atoms with Crippen LogP contribution >= 0.6 is 0 Å². The third-order valence-corrected chi connectivity index (χ3v) is 4.63. The molecule has 0 saturated carbocycles. The summed E-state index contributed by atoms with van der Waals surface area (Å²) in [4.78, 5) is 25.3. The van der Waals surface area contributed by atoms with Gasteiger partial charge in [0.2, 0.25) is 5.91 Å². The number of aliphatic hydroxyl groups excluding tert-OH is 1. The second-order valence-corrected chi connectivity index (χ2v) is 6.99. The number of hydrogen-bond acceptors (Lipinski definition) is 3. The molecule has 1 aliphatic heterocycles. The topological polar surface area (TPSA) is 69.6 Å². The van der Waals surface area contributed by atoms with E-state index in [4.69, 9.17) is 0 Å². The van der Waals surface area contributed by atoms with Crippen LogP contribution in [0.5, 0.6) is 0 Å². The van der Waals surface area contributed by atoms with E-state index in [-0.39, 0.29) is 18.4 Å². The molecule has 162 valence electrons. The number of likely N-dealkylation sites (tertiary alicyclic amines) is 1. The van der Waals surface area contributed by atoms with E-state index in [1.807, 2.05) is 0 Å². The van der Waals surface area contributed by atoms with Crippen LogP contribution < -0.4 is 5.32 Å². The van der Waals surface area contributed by atoms with E-state index in [1.165, 1.54) is 11.8 Å². The molecule has 2 rings (SSSR count). The van der Waals surface area contributed by atoms with Crippen molar-refractivity contribution in [2.24, 2.45) is 5.92 Å². The molecule has 1 saturated heterocycles. The second kappa shape index (κ2) is 8.60. The van der Waals surface area contributed by atoms with Gasteiger partial charge in [0.1, 0.15) is 6.10 Å². The summed E-state index contributed by atoms with van der Waals surface area (Å²) < 4.78 is 77.2. The maximum atomic E-state index is 12.9. The van der Waals surface area contributed by atoms with E-state index in [0.29, 0.717) is 38.1 Å². The quantitative estimate of drug-likeness (QED) is 0.722. The zero-order chi connectivity index (χ0) is 22.0. The van der Waals surface area contributed by atoms with Gasteiger partial charge in [-0.1, -0.05) is 0 Å². The number of carbonyl (C=O) groups is 2. The molecule has 1 aromatic carbocycles. The summed E-state index contributed by atoms with van der Waals surface area (Å²) in [5.74, 6) is -1.32. The molecule has 1 fully saturated rings. The van der Waals surface area contributed by atoms with Crippen molar-refractivity contribution in [2.75, 3.05) is 18.4 Å². The number of rotatable bonds is 4. The maximum Gasteiger partial charge on any atom is 0.416 e. The number of anilines is 1. The van der Waals surface area contributed by atoms with E-state index in [9.17, 15) is 41.0 Å². The number of halogens is 6. The fraction of sp³-hybridized carbons (Fsp3) is 0.556. The van der Waals surface area contributed by atoms with Crippen molar-refractivity contribution < 1.29 is 41.0 Å². The Kier molecular flexibility index (Phi) is 6.82. The first-order valence-electron chi connectivity index (χ1n) is 8.83. The fourth-order valence-corrected chi connectivity index (χ4v) is 3.12. The van der Waals surface area contributed by atoms with Crippen LogP contribution in [0.3, 0.4) is 0 Å². The van der Waals surface area contributed by atoms with Gasteiger partial charge in [-0.15, -0.1) is 0 Å². The van der Waals surface area contributed by atoms with E-state index in [1.54, 1.807) is 0 Å². The van der Waals surface area contributed by atoms with Crippen LogP contribution in [-0.2, 0) is 21.9 Å². The van der Waals surface area contributed by atoms with E-state index in [0.717, 1.165) is 0 Å². The average molecular weight is 426 g/mol. The molecule has 0 bridgehead atoms. The highest BCUT2D eigenvalue weighted by Crippen LogP contribution is 2.37. The van der Waals surface area contributed by atoms with Gasteiger partial charge in [0.15, 0.2) is 0 Å². The highest BCUT2D eigenvalue weighted by atomic mass is 19.4. The molecule has 0 radical (unpaired) electrons. The molecule has 1 aromatic rings.